The Kier molecular flexibility index (Phi) is 4.83. The number of nitrogens with one attached hydrogen (secondary N) is 1. The Labute approximate surface area is 145 Å². The predicted octanol–water partition coefficient (Wildman–Crippen LogP) is 4.18. The zero-order valence-electron chi connectivity index (χ0n) is 12.6. The molecule has 0 radical (unpaired) electrons. The first-order chi connectivity index (χ1) is 11.4. The second-order valence-corrected chi connectivity index (χ2v) is 7.37. The van der Waals surface area contributed by atoms with Crippen molar-refractivity contribution in [1.29, 1.82) is 0 Å². The first kappa shape index (κ1) is 17.2. The van der Waals surface area contributed by atoms with Gasteiger partial charge in [0.25, 0.3) is 0 Å². The second-order valence-electron chi connectivity index (χ2n) is 5.46. The molecule has 3 rings (SSSR count). The highest BCUT2D eigenvalue weighted by molar-refractivity contribution is 7.90. The highest BCUT2D eigenvalue weighted by Crippen LogP contribution is 2.39. The summed E-state index contributed by atoms with van der Waals surface area (Å²) in [6.07, 6.45) is 0.294. The van der Waals surface area contributed by atoms with Crippen LogP contribution in [0.4, 0.5) is 8.78 Å². The maximum atomic E-state index is 14.3. The van der Waals surface area contributed by atoms with Gasteiger partial charge in [0, 0.05) is 21.5 Å². The molecule has 7 heteroatoms. The van der Waals surface area contributed by atoms with E-state index in [-0.39, 0.29) is 22.6 Å². The van der Waals surface area contributed by atoms with Crippen molar-refractivity contribution in [2.75, 3.05) is 12.0 Å². The molecule has 0 aliphatic rings. The molecule has 2 N–H and O–H groups in total. The van der Waals surface area contributed by atoms with Crippen LogP contribution in [-0.2, 0) is 11.2 Å². The average Bonchev–Trinajstić information content (AvgIpc) is 2.85. The van der Waals surface area contributed by atoms with E-state index in [0.29, 0.717) is 15.9 Å². The van der Waals surface area contributed by atoms with Gasteiger partial charge < -0.3 is 14.6 Å². The van der Waals surface area contributed by atoms with Crippen LogP contribution in [0, 0.1) is 11.6 Å². The fraction of sp³-hybridized carbons (Fsp3) is 0.176. The standard InChI is InChI=1S/C17H14ClF2NO2S/c1-24(23)8-14(22)17-15(16-11(19)3-2-4-12(16)20)10-7-9(18)5-6-13(10)21-17/h2-7,14,21-22H,8H2,1H3. The Balaban J connectivity index is 2.32. The Hall–Kier alpha value is -1.60. The lowest BCUT2D eigenvalue weighted by Gasteiger charge is -2.14. The highest BCUT2D eigenvalue weighted by Gasteiger charge is 2.26. The van der Waals surface area contributed by atoms with E-state index in [9.17, 15) is 18.4 Å². The average molecular weight is 370 g/mol. The van der Waals surface area contributed by atoms with E-state index in [2.05, 4.69) is 4.98 Å². The molecule has 24 heavy (non-hydrogen) atoms. The van der Waals surface area contributed by atoms with Crippen molar-refractivity contribution in [1.82, 2.24) is 4.98 Å². The SMILES string of the molecule is C[S+]([O-])CC(O)c1[nH]c2ccc(Cl)cc2c1-c1c(F)cccc1F. The molecule has 0 spiro atoms. The predicted molar refractivity (Wildman–Crippen MR) is 92.6 cm³/mol. The number of benzene rings is 2. The number of aromatic amines is 1. The molecule has 0 fully saturated rings. The summed E-state index contributed by atoms with van der Waals surface area (Å²) >= 11 is 4.74. The molecule has 0 aliphatic heterocycles. The van der Waals surface area contributed by atoms with E-state index in [1.54, 1.807) is 18.2 Å². The minimum Gasteiger partial charge on any atom is -0.616 e. The number of halogens is 3. The molecule has 2 unspecified atom stereocenters. The zero-order valence-corrected chi connectivity index (χ0v) is 14.2. The number of aromatic nitrogens is 1. The van der Waals surface area contributed by atoms with E-state index in [4.69, 9.17) is 11.6 Å². The molecular weight excluding hydrogens is 356 g/mol. The van der Waals surface area contributed by atoms with Crippen LogP contribution in [0.1, 0.15) is 11.8 Å². The van der Waals surface area contributed by atoms with Crippen LogP contribution in [0.5, 0.6) is 0 Å². The molecule has 0 bridgehead atoms. The topological polar surface area (TPSA) is 59.1 Å². The van der Waals surface area contributed by atoms with Gasteiger partial charge in [-0.1, -0.05) is 28.8 Å². The Morgan fingerprint density at radius 3 is 2.50 bits per heavy atom. The van der Waals surface area contributed by atoms with Crippen LogP contribution in [0.25, 0.3) is 22.0 Å². The lowest BCUT2D eigenvalue weighted by Crippen LogP contribution is -2.14. The van der Waals surface area contributed by atoms with Crippen LogP contribution >= 0.6 is 11.6 Å². The van der Waals surface area contributed by atoms with E-state index >= 15 is 0 Å². The number of rotatable bonds is 4. The van der Waals surface area contributed by atoms with Gasteiger partial charge in [-0.3, -0.25) is 0 Å². The second kappa shape index (κ2) is 6.72. The number of H-pyrrole nitrogens is 1. The van der Waals surface area contributed by atoms with Crippen LogP contribution in [0.2, 0.25) is 5.02 Å². The van der Waals surface area contributed by atoms with Crippen LogP contribution in [0.15, 0.2) is 36.4 Å². The number of aliphatic hydroxyl groups excluding tert-OH is 1. The Morgan fingerprint density at radius 2 is 1.88 bits per heavy atom. The Morgan fingerprint density at radius 1 is 1.21 bits per heavy atom. The van der Waals surface area contributed by atoms with Crippen molar-refractivity contribution in [2.45, 2.75) is 6.10 Å². The van der Waals surface area contributed by atoms with Gasteiger partial charge >= 0.3 is 0 Å². The van der Waals surface area contributed by atoms with Crippen molar-refractivity contribution in [3.05, 3.63) is 58.7 Å². The van der Waals surface area contributed by atoms with Gasteiger partial charge in [0.2, 0.25) is 0 Å². The third-order valence-corrected chi connectivity index (χ3v) is 4.75. The molecule has 1 heterocycles. The Bertz CT molecular complexity index is 877. The molecule has 0 saturated carbocycles. The normalized spacial score (nSPS) is 14.1. The van der Waals surface area contributed by atoms with Gasteiger partial charge in [-0.25, -0.2) is 8.78 Å². The summed E-state index contributed by atoms with van der Waals surface area (Å²) in [5.74, 6) is -1.55. The molecule has 0 aliphatic carbocycles. The van der Waals surface area contributed by atoms with Crippen LogP contribution < -0.4 is 0 Å². The maximum Gasteiger partial charge on any atom is 0.139 e. The smallest absolute Gasteiger partial charge is 0.139 e. The fourth-order valence-corrected chi connectivity index (χ4v) is 3.53. The van der Waals surface area contributed by atoms with Crippen LogP contribution in [-0.4, -0.2) is 26.7 Å². The molecule has 3 nitrogen and oxygen atoms in total. The lowest BCUT2D eigenvalue weighted by atomic mass is 9.99. The summed E-state index contributed by atoms with van der Waals surface area (Å²) in [6, 6.07) is 8.45. The zero-order chi connectivity index (χ0) is 17.4. The number of hydrogen-bond acceptors (Lipinski definition) is 2. The fourth-order valence-electron chi connectivity index (χ4n) is 2.75. The molecule has 2 atom stereocenters. The first-order valence-electron chi connectivity index (χ1n) is 7.12. The third-order valence-electron chi connectivity index (χ3n) is 3.73. The van der Waals surface area contributed by atoms with Gasteiger partial charge in [-0.15, -0.1) is 0 Å². The third kappa shape index (κ3) is 3.15. The van der Waals surface area contributed by atoms with Crippen LogP contribution in [0.3, 0.4) is 0 Å². The number of hydrogen-bond donors (Lipinski definition) is 2. The maximum absolute atomic E-state index is 14.3. The molecule has 2 aromatic carbocycles. The summed E-state index contributed by atoms with van der Waals surface area (Å²) in [5.41, 5.74) is 0.738. The van der Waals surface area contributed by atoms with Gasteiger partial charge in [0.05, 0.1) is 17.5 Å². The first-order valence-corrected chi connectivity index (χ1v) is 9.22. The van der Waals surface area contributed by atoms with Gasteiger partial charge in [-0.05, 0) is 30.3 Å². The van der Waals surface area contributed by atoms with Crippen molar-refractivity contribution in [3.63, 3.8) is 0 Å². The summed E-state index contributed by atoms with van der Waals surface area (Å²) in [4.78, 5) is 2.97. The molecule has 1 aromatic heterocycles. The van der Waals surface area contributed by atoms with Crippen molar-refractivity contribution in [3.8, 4) is 11.1 Å². The largest absolute Gasteiger partial charge is 0.616 e. The number of aliphatic hydroxyl groups is 1. The monoisotopic (exact) mass is 369 g/mol. The summed E-state index contributed by atoms with van der Waals surface area (Å²) < 4.78 is 40.1. The summed E-state index contributed by atoms with van der Waals surface area (Å²) in [7, 11) is 0. The minimum atomic E-state index is -1.28. The van der Waals surface area contributed by atoms with E-state index in [0.717, 1.165) is 12.1 Å². The molecular formula is C17H14ClF2NO2S. The quantitative estimate of drug-likeness (QED) is 0.678. The van der Waals surface area contributed by atoms with Gasteiger partial charge in [-0.2, -0.15) is 0 Å². The van der Waals surface area contributed by atoms with E-state index < -0.39 is 28.9 Å². The molecule has 0 saturated heterocycles. The summed E-state index contributed by atoms with van der Waals surface area (Å²) in [5, 5.41) is 11.3. The van der Waals surface area contributed by atoms with Gasteiger partial charge in [0.15, 0.2) is 0 Å². The van der Waals surface area contributed by atoms with E-state index in [1.807, 2.05) is 0 Å². The summed E-state index contributed by atoms with van der Waals surface area (Å²) in [6.45, 7) is 0. The minimum absolute atomic E-state index is 0.0520. The molecule has 3 aromatic rings. The van der Waals surface area contributed by atoms with Crippen molar-refractivity contribution < 1.29 is 18.4 Å². The molecule has 0 amide bonds. The number of fused-ring (bicyclic) bond motifs is 1. The molecule has 126 valence electrons. The van der Waals surface area contributed by atoms with Gasteiger partial charge in [0.1, 0.15) is 23.5 Å². The lowest BCUT2D eigenvalue weighted by molar-refractivity contribution is 0.198. The van der Waals surface area contributed by atoms with Crippen molar-refractivity contribution >= 4 is 33.7 Å². The van der Waals surface area contributed by atoms with Crippen molar-refractivity contribution in [2.24, 2.45) is 0 Å². The highest BCUT2D eigenvalue weighted by atomic mass is 35.5. The van der Waals surface area contributed by atoms with E-state index in [1.165, 1.54) is 12.3 Å².